The molecule has 0 unspecified atom stereocenters. The first-order valence-corrected chi connectivity index (χ1v) is 7.06. The molecule has 1 N–H and O–H groups in total. The van der Waals surface area contributed by atoms with Crippen LogP contribution in [-0.4, -0.2) is 28.2 Å². The van der Waals surface area contributed by atoms with Crippen LogP contribution in [0.4, 0.5) is 0 Å². The quantitative estimate of drug-likeness (QED) is 0.863. The molecule has 0 spiro atoms. The standard InChI is InChI=1S/C10H15NOS2/c12-4-1-9-7-14-10(11-9)8-2-5-13-6-3-8/h7-8,12H,1-6H2. The number of thiazole rings is 1. The van der Waals surface area contributed by atoms with Crippen LogP contribution in [0.2, 0.25) is 0 Å². The highest BCUT2D eigenvalue weighted by Gasteiger charge is 2.18. The van der Waals surface area contributed by atoms with Gasteiger partial charge >= 0.3 is 0 Å². The Kier molecular flexibility index (Phi) is 3.84. The molecule has 0 aliphatic carbocycles. The van der Waals surface area contributed by atoms with Crippen molar-refractivity contribution in [3.8, 4) is 0 Å². The van der Waals surface area contributed by atoms with Gasteiger partial charge in [0, 0.05) is 24.3 Å². The average molecular weight is 229 g/mol. The Labute approximate surface area is 92.8 Å². The lowest BCUT2D eigenvalue weighted by molar-refractivity contribution is 0.298. The lowest BCUT2D eigenvalue weighted by Crippen LogP contribution is -2.07. The summed E-state index contributed by atoms with van der Waals surface area (Å²) < 4.78 is 0. The van der Waals surface area contributed by atoms with Gasteiger partial charge in [-0.3, -0.25) is 0 Å². The molecule has 0 radical (unpaired) electrons. The van der Waals surface area contributed by atoms with Gasteiger partial charge in [-0.25, -0.2) is 4.98 Å². The monoisotopic (exact) mass is 229 g/mol. The summed E-state index contributed by atoms with van der Waals surface area (Å²) in [7, 11) is 0. The van der Waals surface area contributed by atoms with E-state index < -0.39 is 0 Å². The second-order valence-corrected chi connectivity index (χ2v) is 5.65. The molecule has 1 saturated heterocycles. The van der Waals surface area contributed by atoms with E-state index in [1.165, 1.54) is 29.4 Å². The van der Waals surface area contributed by atoms with Gasteiger partial charge < -0.3 is 5.11 Å². The first-order valence-electron chi connectivity index (χ1n) is 5.03. The van der Waals surface area contributed by atoms with Gasteiger partial charge in [-0.15, -0.1) is 11.3 Å². The van der Waals surface area contributed by atoms with Crippen molar-refractivity contribution in [1.29, 1.82) is 0 Å². The number of thioether (sulfide) groups is 1. The summed E-state index contributed by atoms with van der Waals surface area (Å²) in [5, 5.41) is 12.2. The van der Waals surface area contributed by atoms with E-state index in [0.29, 0.717) is 12.3 Å². The zero-order valence-electron chi connectivity index (χ0n) is 8.11. The summed E-state index contributed by atoms with van der Waals surface area (Å²) in [6, 6.07) is 0. The molecule has 0 amide bonds. The van der Waals surface area contributed by atoms with Crippen molar-refractivity contribution in [3.63, 3.8) is 0 Å². The van der Waals surface area contributed by atoms with Crippen molar-refractivity contribution >= 4 is 23.1 Å². The predicted molar refractivity (Wildman–Crippen MR) is 62.2 cm³/mol. The molecule has 1 aromatic rings. The molecule has 2 heterocycles. The molecule has 2 nitrogen and oxygen atoms in total. The Balaban J connectivity index is 2.00. The minimum absolute atomic E-state index is 0.212. The molecular formula is C10H15NOS2. The van der Waals surface area contributed by atoms with Crippen LogP contribution in [0.1, 0.15) is 29.5 Å². The third kappa shape index (κ3) is 2.49. The topological polar surface area (TPSA) is 33.1 Å². The highest BCUT2D eigenvalue weighted by Crippen LogP contribution is 2.33. The van der Waals surface area contributed by atoms with Gasteiger partial charge in [0.25, 0.3) is 0 Å². The summed E-state index contributed by atoms with van der Waals surface area (Å²) >= 11 is 3.81. The van der Waals surface area contributed by atoms with Crippen LogP contribution in [0.25, 0.3) is 0 Å². The maximum absolute atomic E-state index is 8.80. The molecule has 0 atom stereocenters. The van der Waals surface area contributed by atoms with Crippen LogP contribution in [0.5, 0.6) is 0 Å². The third-order valence-corrected chi connectivity index (χ3v) is 4.61. The van der Waals surface area contributed by atoms with E-state index in [4.69, 9.17) is 5.11 Å². The normalized spacial score (nSPS) is 18.6. The van der Waals surface area contributed by atoms with Gasteiger partial charge in [0.2, 0.25) is 0 Å². The molecule has 1 aromatic heterocycles. The second kappa shape index (κ2) is 5.14. The fraction of sp³-hybridized carbons (Fsp3) is 0.700. The van der Waals surface area contributed by atoms with E-state index in [1.54, 1.807) is 11.3 Å². The van der Waals surface area contributed by atoms with Gasteiger partial charge in [-0.2, -0.15) is 11.8 Å². The zero-order valence-corrected chi connectivity index (χ0v) is 9.74. The minimum Gasteiger partial charge on any atom is -0.396 e. The van der Waals surface area contributed by atoms with E-state index in [0.717, 1.165) is 5.69 Å². The molecule has 0 saturated carbocycles. The highest BCUT2D eigenvalue weighted by atomic mass is 32.2. The van der Waals surface area contributed by atoms with Crippen LogP contribution in [-0.2, 0) is 6.42 Å². The van der Waals surface area contributed by atoms with Gasteiger partial charge in [0.05, 0.1) is 10.7 Å². The molecule has 78 valence electrons. The number of rotatable bonds is 3. The largest absolute Gasteiger partial charge is 0.396 e. The second-order valence-electron chi connectivity index (χ2n) is 3.54. The van der Waals surface area contributed by atoms with Crippen LogP contribution >= 0.6 is 23.1 Å². The molecule has 0 bridgehead atoms. The third-order valence-electron chi connectivity index (χ3n) is 2.51. The highest BCUT2D eigenvalue weighted by molar-refractivity contribution is 7.99. The Morgan fingerprint density at radius 3 is 2.93 bits per heavy atom. The summed E-state index contributed by atoms with van der Waals surface area (Å²) in [6.45, 7) is 0.212. The van der Waals surface area contributed by atoms with Crippen LogP contribution in [0.3, 0.4) is 0 Å². The Hall–Kier alpha value is -0.0600. The van der Waals surface area contributed by atoms with Crippen molar-refractivity contribution in [2.75, 3.05) is 18.1 Å². The van der Waals surface area contributed by atoms with E-state index >= 15 is 0 Å². The zero-order chi connectivity index (χ0) is 9.80. The first kappa shape index (κ1) is 10.5. The molecule has 2 rings (SSSR count). The van der Waals surface area contributed by atoms with Crippen LogP contribution in [0, 0.1) is 0 Å². The maximum Gasteiger partial charge on any atom is 0.0959 e. The Bertz CT molecular complexity index is 281. The SMILES string of the molecule is OCCc1csc(C2CCSCC2)n1. The fourth-order valence-corrected chi connectivity index (χ4v) is 3.82. The number of hydrogen-bond donors (Lipinski definition) is 1. The van der Waals surface area contributed by atoms with Gasteiger partial charge in [-0.05, 0) is 24.3 Å². The van der Waals surface area contributed by atoms with Crippen LogP contribution < -0.4 is 0 Å². The van der Waals surface area contributed by atoms with E-state index in [9.17, 15) is 0 Å². The fourth-order valence-electron chi connectivity index (χ4n) is 1.68. The molecule has 0 aromatic carbocycles. The lowest BCUT2D eigenvalue weighted by Gasteiger charge is -2.18. The van der Waals surface area contributed by atoms with Gasteiger partial charge in [0.15, 0.2) is 0 Å². The van der Waals surface area contributed by atoms with Crippen molar-refractivity contribution in [2.24, 2.45) is 0 Å². The molecular weight excluding hydrogens is 214 g/mol. The summed E-state index contributed by atoms with van der Waals surface area (Å²) in [5.74, 6) is 3.24. The molecule has 1 aliphatic rings. The van der Waals surface area contributed by atoms with Gasteiger partial charge in [-0.1, -0.05) is 0 Å². The van der Waals surface area contributed by atoms with Crippen molar-refractivity contribution in [3.05, 3.63) is 16.1 Å². The van der Waals surface area contributed by atoms with Crippen molar-refractivity contribution in [1.82, 2.24) is 4.98 Å². The number of aliphatic hydroxyl groups excluding tert-OH is 1. The Morgan fingerprint density at radius 1 is 1.43 bits per heavy atom. The Morgan fingerprint density at radius 2 is 2.21 bits per heavy atom. The number of hydrogen-bond acceptors (Lipinski definition) is 4. The molecule has 4 heteroatoms. The number of nitrogens with zero attached hydrogens (tertiary/aromatic N) is 1. The van der Waals surface area contributed by atoms with E-state index in [1.807, 2.05) is 11.8 Å². The smallest absolute Gasteiger partial charge is 0.0959 e. The van der Waals surface area contributed by atoms with Crippen molar-refractivity contribution in [2.45, 2.75) is 25.2 Å². The summed E-state index contributed by atoms with van der Waals surface area (Å²) in [6.07, 6.45) is 3.26. The van der Waals surface area contributed by atoms with E-state index in [2.05, 4.69) is 10.4 Å². The lowest BCUT2D eigenvalue weighted by atomic mass is 10.0. The van der Waals surface area contributed by atoms with Crippen molar-refractivity contribution < 1.29 is 5.11 Å². The molecule has 1 aliphatic heterocycles. The predicted octanol–water partition coefficient (Wildman–Crippen LogP) is 2.29. The average Bonchev–Trinajstić information content (AvgIpc) is 2.68. The summed E-state index contributed by atoms with van der Waals surface area (Å²) in [5.41, 5.74) is 1.06. The molecule has 1 fully saturated rings. The minimum atomic E-state index is 0.212. The molecule has 14 heavy (non-hydrogen) atoms. The van der Waals surface area contributed by atoms with Gasteiger partial charge in [0.1, 0.15) is 0 Å². The van der Waals surface area contributed by atoms with E-state index in [-0.39, 0.29) is 6.61 Å². The van der Waals surface area contributed by atoms with Crippen LogP contribution in [0.15, 0.2) is 5.38 Å². The maximum atomic E-state index is 8.80. The number of aromatic nitrogens is 1. The first-order chi connectivity index (χ1) is 6.90. The summed E-state index contributed by atoms with van der Waals surface area (Å²) in [4.78, 5) is 4.57. The number of aliphatic hydroxyl groups is 1.